The van der Waals surface area contributed by atoms with Gasteiger partial charge in [-0.2, -0.15) is 0 Å². The molecule has 5 nitrogen and oxygen atoms in total. The summed E-state index contributed by atoms with van der Waals surface area (Å²) in [6.07, 6.45) is 0.960. The van der Waals surface area contributed by atoms with Crippen LogP contribution < -0.4 is 0 Å². The summed E-state index contributed by atoms with van der Waals surface area (Å²) in [7, 11) is 0. The number of benzene rings is 1. The van der Waals surface area contributed by atoms with Crippen molar-refractivity contribution in [2.24, 2.45) is 0 Å². The third-order valence-electron chi connectivity index (χ3n) is 2.68. The number of carboxylic acids is 1. The van der Waals surface area contributed by atoms with E-state index >= 15 is 0 Å². The topological polar surface area (TPSA) is 68.0 Å². The van der Waals surface area contributed by atoms with Crippen LogP contribution >= 0.6 is 23.5 Å². The first kappa shape index (κ1) is 15.9. The highest BCUT2D eigenvalue weighted by atomic mass is 32.2. The Balaban J connectivity index is 2.06. The minimum atomic E-state index is -0.841. The molecule has 21 heavy (non-hydrogen) atoms. The van der Waals surface area contributed by atoms with E-state index in [1.54, 1.807) is 11.8 Å². The van der Waals surface area contributed by atoms with Crippen LogP contribution in [0.2, 0.25) is 0 Å². The van der Waals surface area contributed by atoms with Gasteiger partial charge in [0.25, 0.3) is 0 Å². The molecule has 0 fully saturated rings. The molecule has 0 radical (unpaired) electrons. The van der Waals surface area contributed by atoms with Gasteiger partial charge in [-0.1, -0.05) is 36.9 Å². The van der Waals surface area contributed by atoms with Gasteiger partial charge in [-0.05, 0) is 18.6 Å². The molecule has 0 amide bonds. The minimum absolute atomic E-state index is 0.00761. The van der Waals surface area contributed by atoms with Crippen molar-refractivity contribution in [3.8, 4) is 0 Å². The molecule has 0 spiro atoms. The van der Waals surface area contributed by atoms with Crippen LogP contribution in [0.5, 0.6) is 0 Å². The molecule has 7 heteroatoms. The molecule has 0 saturated heterocycles. The Morgan fingerprint density at radius 2 is 2.00 bits per heavy atom. The molecular weight excluding hydrogens is 306 g/mol. The first-order valence-electron chi connectivity index (χ1n) is 6.65. The number of aromatic nitrogens is 3. The standard InChI is InChI=1S/C14H17N3O2S2/c1-2-8-17-12(9-20-11-6-4-3-5-7-11)15-16-14(17)21-10-13(18)19/h3-7H,2,8-10H2,1H3,(H,18,19). The molecule has 1 heterocycles. The Hall–Kier alpha value is -1.47. The Morgan fingerprint density at radius 1 is 1.24 bits per heavy atom. The number of carbonyl (C=O) groups is 1. The second-order valence-electron chi connectivity index (χ2n) is 4.33. The molecule has 0 aliphatic heterocycles. The van der Waals surface area contributed by atoms with Crippen LogP contribution in [0.15, 0.2) is 40.4 Å². The van der Waals surface area contributed by atoms with Gasteiger partial charge in [-0.25, -0.2) is 0 Å². The van der Waals surface area contributed by atoms with Crippen LogP contribution in [0.3, 0.4) is 0 Å². The average Bonchev–Trinajstić information content (AvgIpc) is 2.87. The molecule has 0 unspecified atom stereocenters. The van der Waals surface area contributed by atoms with Crippen molar-refractivity contribution in [3.05, 3.63) is 36.2 Å². The molecule has 112 valence electrons. The quantitative estimate of drug-likeness (QED) is 0.753. The monoisotopic (exact) mass is 323 g/mol. The maximum atomic E-state index is 10.7. The fourth-order valence-electron chi connectivity index (χ4n) is 1.77. The number of hydrogen-bond acceptors (Lipinski definition) is 5. The van der Waals surface area contributed by atoms with E-state index in [9.17, 15) is 4.79 Å². The molecule has 0 atom stereocenters. The number of aliphatic carboxylic acids is 1. The number of thioether (sulfide) groups is 2. The van der Waals surface area contributed by atoms with Crippen molar-refractivity contribution in [2.75, 3.05) is 5.75 Å². The predicted octanol–water partition coefficient (Wildman–Crippen LogP) is 3.16. The number of nitrogens with zero attached hydrogens (tertiary/aromatic N) is 3. The van der Waals surface area contributed by atoms with Crippen LogP contribution in [0.25, 0.3) is 0 Å². The van der Waals surface area contributed by atoms with Crippen molar-refractivity contribution >= 4 is 29.5 Å². The minimum Gasteiger partial charge on any atom is -0.481 e. The van der Waals surface area contributed by atoms with Crippen molar-refractivity contribution in [1.29, 1.82) is 0 Å². The average molecular weight is 323 g/mol. The Labute approximate surface area is 132 Å². The van der Waals surface area contributed by atoms with E-state index in [4.69, 9.17) is 5.11 Å². The summed E-state index contributed by atoms with van der Waals surface area (Å²) in [6.45, 7) is 2.89. The van der Waals surface area contributed by atoms with E-state index in [0.717, 1.165) is 24.5 Å². The normalized spacial score (nSPS) is 10.7. The lowest BCUT2D eigenvalue weighted by Crippen LogP contribution is -2.06. The predicted molar refractivity (Wildman–Crippen MR) is 84.7 cm³/mol. The SMILES string of the molecule is CCCn1c(CSc2ccccc2)nnc1SCC(=O)O. The molecule has 1 aromatic carbocycles. The van der Waals surface area contributed by atoms with E-state index in [-0.39, 0.29) is 5.75 Å². The van der Waals surface area contributed by atoms with Gasteiger partial charge in [-0.3, -0.25) is 4.79 Å². The maximum Gasteiger partial charge on any atom is 0.313 e. The zero-order chi connectivity index (χ0) is 15.1. The molecule has 2 rings (SSSR count). The highest BCUT2D eigenvalue weighted by Crippen LogP contribution is 2.24. The van der Waals surface area contributed by atoms with Gasteiger partial charge in [-0.15, -0.1) is 22.0 Å². The van der Waals surface area contributed by atoms with Crippen molar-refractivity contribution < 1.29 is 9.90 Å². The fourth-order valence-corrected chi connectivity index (χ4v) is 3.33. The van der Waals surface area contributed by atoms with E-state index in [1.807, 2.05) is 22.8 Å². The van der Waals surface area contributed by atoms with E-state index in [0.29, 0.717) is 5.16 Å². The number of carboxylic acid groups (broad SMARTS) is 1. The lowest BCUT2D eigenvalue weighted by atomic mass is 10.4. The molecule has 0 bridgehead atoms. The number of hydrogen-bond donors (Lipinski definition) is 1. The van der Waals surface area contributed by atoms with Gasteiger partial charge in [0.2, 0.25) is 0 Å². The highest BCUT2D eigenvalue weighted by Gasteiger charge is 2.13. The molecule has 1 N–H and O–H groups in total. The van der Waals surface area contributed by atoms with Crippen LogP contribution in [0.4, 0.5) is 0 Å². The van der Waals surface area contributed by atoms with Crippen molar-refractivity contribution in [2.45, 2.75) is 35.7 Å². The van der Waals surface area contributed by atoms with E-state index in [2.05, 4.69) is 29.3 Å². The molecule has 0 aliphatic rings. The Kier molecular flexibility index (Phi) is 6.13. The lowest BCUT2D eigenvalue weighted by molar-refractivity contribution is -0.133. The van der Waals surface area contributed by atoms with Crippen molar-refractivity contribution in [1.82, 2.24) is 14.8 Å². The summed E-state index contributed by atoms with van der Waals surface area (Å²) in [6, 6.07) is 10.1. The second kappa shape index (κ2) is 8.09. The lowest BCUT2D eigenvalue weighted by Gasteiger charge is -2.08. The summed E-state index contributed by atoms with van der Waals surface area (Å²) < 4.78 is 2.02. The summed E-state index contributed by atoms with van der Waals surface area (Å²) in [4.78, 5) is 11.9. The van der Waals surface area contributed by atoms with Crippen LogP contribution in [0.1, 0.15) is 19.2 Å². The van der Waals surface area contributed by atoms with E-state index in [1.165, 1.54) is 16.7 Å². The summed E-state index contributed by atoms with van der Waals surface area (Å²) >= 11 is 2.92. The molecule has 0 saturated carbocycles. The van der Waals surface area contributed by atoms with Crippen LogP contribution in [0, 0.1) is 0 Å². The van der Waals surface area contributed by atoms with Crippen LogP contribution in [-0.2, 0) is 17.1 Å². The second-order valence-corrected chi connectivity index (χ2v) is 6.33. The third kappa shape index (κ3) is 4.78. The van der Waals surface area contributed by atoms with Gasteiger partial charge in [0.15, 0.2) is 5.16 Å². The summed E-state index contributed by atoms with van der Waals surface area (Å²) in [5.41, 5.74) is 0. The van der Waals surface area contributed by atoms with Crippen molar-refractivity contribution in [3.63, 3.8) is 0 Å². The van der Waals surface area contributed by atoms with E-state index < -0.39 is 5.97 Å². The highest BCUT2D eigenvalue weighted by molar-refractivity contribution is 7.99. The zero-order valence-electron chi connectivity index (χ0n) is 11.7. The zero-order valence-corrected chi connectivity index (χ0v) is 13.4. The third-order valence-corrected chi connectivity index (χ3v) is 4.64. The van der Waals surface area contributed by atoms with Gasteiger partial charge in [0.1, 0.15) is 5.82 Å². The number of rotatable bonds is 8. The summed E-state index contributed by atoms with van der Waals surface area (Å²) in [5, 5.41) is 17.8. The maximum absolute atomic E-state index is 10.7. The largest absolute Gasteiger partial charge is 0.481 e. The fraction of sp³-hybridized carbons (Fsp3) is 0.357. The molecule has 0 aliphatic carbocycles. The molecule has 2 aromatic rings. The first-order chi connectivity index (χ1) is 10.2. The summed E-state index contributed by atoms with van der Waals surface area (Å²) in [5.74, 6) is 0.781. The molecule has 1 aromatic heterocycles. The Bertz CT molecular complexity index is 587. The smallest absolute Gasteiger partial charge is 0.313 e. The molecular formula is C14H17N3O2S2. The Morgan fingerprint density at radius 3 is 2.67 bits per heavy atom. The van der Waals surface area contributed by atoms with Gasteiger partial charge in [0.05, 0.1) is 11.5 Å². The van der Waals surface area contributed by atoms with Gasteiger partial charge >= 0.3 is 5.97 Å². The first-order valence-corrected chi connectivity index (χ1v) is 8.62. The van der Waals surface area contributed by atoms with Crippen LogP contribution in [-0.4, -0.2) is 31.6 Å². The van der Waals surface area contributed by atoms with Gasteiger partial charge < -0.3 is 9.67 Å². The van der Waals surface area contributed by atoms with Gasteiger partial charge in [0, 0.05) is 11.4 Å².